The fourth-order valence-corrected chi connectivity index (χ4v) is 1.02. The molecule has 0 aromatic carbocycles. The second-order valence-corrected chi connectivity index (χ2v) is 2.90. The van der Waals surface area contributed by atoms with Crippen LogP contribution in [0.4, 0.5) is 14.5 Å². The summed E-state index contributed by atoms with van der Waals surface area (Å²) in [6.07, 6.45) is 0.869. The molecule has 1 heterocycles. The normalized spacial score (nSPS) is 11.2. The van der Waals surface area contributed by atoms with Crippen LogP contribution in [0.15, 0.2) is 12.3 Å². The summed E-state index contributed by atoms with van der Waals surface area (Å²) in [5.41, 5.74) is -1.09. The Bertz CT molecular complexity index is 390. The second kappa shape index (κ2) is 3.76. The molecule has 0 atom stereocenters. The lowest BCUT2D eigenvalue weighted by Crippen LogP contribution is -2.11. The van der Waals surface area contributed by atoms with E-state index < -0.39 is 22.1 Å². The number of nitro groups is 1. The van der Waals surface area contributed by atoms with Gasteiger partial charge >= 0.3 is 0 Å². The summed E-state index contributed by atoms with van der Waals surface area (Å²) >= 11 is 0. The Kier molecular flexibility index (Phi) is 2.83. The SMILES string of the molecule is COc1ncc([N+](=O)[O-])cc1C(C)(F)F. The molecule has 7 heteroatoms. The zero-order valence-corrected chi connectivity index (χ0v) is 8.03. The molecule has 5 nitrogen and oxygen atoms in total. The summed E-state index contributed by atoms with van der Waals surface area (Å²) in [6.45, 7) is 0.621. The fourth-order valence-electron chi connectivity index (χ4n) is 1.02. The molecule has 0 N–H and O–H groups in total. The summed E-state index contributed by atoms with van der Waals surface area (Å²) in [5, 5.41) is 10.4. The first-order valence-electron chi connectivity index (χ1n) is 3.93. The Morgan fingerprint density at radius 2 is 2.20 bits per heavy atom. The van der Waals surface area contributed by atoms with Crippen molar-refractivity contribution < 1.29 is 18.4 Å². The first-order chi connectivity index (χ1) is 6.86. The van der Waals surface area contributed by atoms with Crippen molar-refractivity contribution in [3.8, 4) is 5.88 Å². The molecule has 0 fully saturated rings. The number of hydrogen-bond donors (Lipinski definition) is 0. The Hall–Kier alpha value is -1.79. The molecule has 0 unspecified atom stereocenters. The van der Waals surface area contributed by atoms with Crippen molar-refractivity contribution in [1.82, 2.24) is 4.98 Å². The molecule has 15 heavy (non-hydrogen) atoms. The molecule has 1 aromatic rings. The van der Waals surface area contributed by atoms with E-state index >= 15 is 0 Å². The third-order valence-corrected chi connectivity index (χ3v) is 1.71. The van der Waals surface area contributed by atoms with Gasteiger partial charge < -0.3 is 4.74 Å². The summed E-state index contributed by atoms with van der Waals surface area (Å²) in [6, 6.07) is 0.756. The Morgan fingerprint density at radius 1 is 1.60 bits per heavy atom. The lowest BCUT2D eigenvalue weighted by Gasteiger charge is -2.12. The largest absolute Gasteiger partial charge is 0.481 e. The highest BCUT2D eigenvalue weighted by atomic mass is 19.3. The number of methoxy groups -OCH3 is 1. The molecule has 0 aliphatic carbocycles. The van der Waals surface area contributed by atoms with Crippen LogP contribution in [0.2, 0.25) is 0 Å². The highest BCUT2D eigenvalue weighted by molar-refractivity contribution is 5.39. The van der Waals surface area contributed by atoms with Crippen LogP contribution in [-0.2, 0) is 5.92 Å². The molecule has 82 valence electrons. The van der Waals surface area contributed by atoms with Gasteiger partial charge in [-0.1, -0.05) is 0 Å². The van der Waals surface area contributed by atoms with E-state index in [4.69, 9.17) is 0 Å². The second-order valence-electron chi connectivity index (χ2n) is 2.90. The van der Waals surface area contributed by atoms with Crippen molar-refractivity contribution >= 4 is 5.69 Å². The first kappa shape index (κ1) is 11.3. The van der Waals surface area contributed by atoms with E-state index in [1.54, 1.807) is 0 Å². The third kappa shape index (κ3) is 2.36. The third-order valence-electron chi connectivity index (χ3n) is 1.71. The van der Waals surface area contributed by atoms with Crippen LogP contribution in [-0.4, -0.2) is 17.0 Å². The van der Waals surface area contributed by atoms with E-state index in [1.165, 1.54) is 7.11 Å². The molecule has 0 saturated heterocycles. The minimum atomic E-state index is -3.23. The van der Waals surface area contributed by atoms with Gasteiger partial charge in [-0.15, -0.1) is 0 Å². The van der Waals surface area contributed by atoms with Gasteiger partial charge in [0, 0.05) is 13.0 Å². The number of hydrogen-bond acceptors (Lipinski definition) is 4. The minimum Gasteiger partial charge on any atom is -0.481 e. The number of pyridine rings is 1. The highest BCUT2D eigenvalue weighted by Gasteiger charge is 2.31. The van der Waals surface area contributed by atoms with E-state index in [1.807, 2.05) is 0 Å². The average molecular weight is 218 g/mol. The lowest BCUT2D eigenvalue weighted by atomic mass is 10.1. The molecule has 1 rings (SSSR count). The van der Waals surface area contributed by atoms with Gasteiger partial charge in [-0.25, -0.2) is 13.8 Å². The van der Waals surface area contributed by atoms with E-state index in [9.17, 15) is 18.9 Å². The molecule has 0 bridgehead atoms. The van der Waals surface area contributed by atoms with Gasteiger partial charge in [0.25, 0.3) is 11.6 Å². The molecule has 0 aliphatic heterocycles. The van der Waals surface area contributed by atoms with E-state index in [2.05, 4.69) is 9.72 Å². The summed E-state index contributed by atoms with van der Waals surface area (Å²) in [7, 11) is 1.17. The van der Waals surface area contributed by atoms with Gasteiger partial charge in [0.05, 0.1) is 17.6 Å². The Morgan fingerprint density at radius 3 is 2.60 bits per heavy atom. The maximum absolute atomic E-state index is 13.0. The van der Waals surface area contributed by atoms with Gasteiger partial charge in [0.1, 0.15) is 6.20 Å². The van der Waals surface area contributed by atoms with E-state index in [-0.39, 0.29) is 5.88 Å². The van der Waals surface area contributed by atoms with Gasteiger partial charge in [0.2, 0.25) is 5.88 Å². The average Bonchev–Trinajstić information content (AvgIpc) is 2.15. The molecule has 0 radical (unpaired) electrons. The van der Waals surface area contributed by atoms with Gasteiger partial charge in [-0.05, 0) is 0 Å². The molecular weight excluding hydrogens is 210 g/mol. The quantitative estimate of drug-likeness (QED) is 0.575. The van der Waals surface area contributed by atoms with Crippen molar-refractivity contribution in [1.29, 1.82) is 0 Å². The van der Waals surface area contributed by atoms with Crippen LogP contribution in [0.3, 0.4) is 0 Å². The number of rotatable bonds is 3. The van der Waals surface area contributed by atoms with Crippen LogP contribution in [0.1, 0.15) is 12.5 Å². The van der Waals surface area contributed by atoms with Crippen LogP contribution in [0.5, 0.6) is 5.88 Å². The molecular formula is C8H8F2N2O3. The van der Waals surface area contributed by atoms with Crippen molar-refractivity contribution in [3.63, 3.8) is 0 Å². The highest BCUT2D eigenvalue weighted by Crippen LogP contribution is 2.34. The maximum atomic E-state index is 13.0. The first-order valence-corrected chi connectivity index (χ1v) is 3.93. The topological polar surface area (TPSA) is 65.3 Å². The maximum Gasteiger partial charge on any atom is 0.288 e. The lowest BCUT2D eigenvalue weighted by molar-refractivity contribution is -0.385. The van der Waals surface area contributed by atoms with Crippen molar-refractivity contribution in [2.24, 2.45) is 0 Å². The smallest absolute Gasteiger partial charge is 0.288 e. The van der Waals surface area contributed by atoms with Crippen LogP contribution >= 0.6 is 0 Å². The summed E-state index contributed by atoms with van der Waals surface area (Å²) < 4.78 is 30.6. The van der Waals surface area contributed by atoms with Crippen LogP contribution in [0, 0.1) is 10.1 Å². The number of alkyl halides is 2. The molecule has 0 saturated carbocycles. The monoisotopic (exact) mass is 218 g/mol. The molecule has 0 amide bonds. The van der Waals surface area contributed by atoms with Gasteiger partial charge in [-0.3, -0.25) is 10.1 Å². The van der Waals surface area contributed by atoms with Gasteiger partial charge in [-0.2, -0.15) is 0 Å². The van der Waals surface area contributed by atoms with Crippen LogP contribution in [0.25, 0.3) is 0 Å². The number of ether oxygens (including phenoxy) is 1. The molecule has 0 aliphatic rings. The fraction of sp³-hybridized carbons (Fsp3) is 0.375. The van der Waals surface area contributed by atoms with E-state index in [0.717, 1.165) is 12.3 Å². The van der Waals surface area contributed by atoms with Crippen molar-refractivity contribution in [2.75, 3.05) is 7.11 Å². The zero-order chi connectivity index (χ0) is 11.6. The number of halogens is 2. The van der Waals surface area contributed by atoms with E-state index in [0.29, 0.717) is 6.92 Å². The predicted octanol–water partition coefficient (Wildman–Crippen LogP) is 2.11. The molecule has 0 spiro atoms. The predicted molar refractivity (Wildman–Crippen MR) is 47.0 cm³/mol. The van der Waals surface area contributed by atoms with Crippen LogP contribution < -0.4 is 4.74 Å². The standard InChI is InChI=1S/C8H8F2N2O3/c1-8(9,10)6-3-5(12(13)14)4-11-7(6)15-2/h3-4H,1-2H3. The molecule has 1 aromatic heterocycles. The Balaban J connectivity index is 3.32. The minimum absolute atomic E-state index is 0.312. The number of aromatic nitrogens is 1. The summed E-state index contributed by atoms with van der Waals surface area (Å²) in [5.74, 6) is -3.54. The van der Waals surface area contributed by atoms with Crippen molar-refractivity contribution in [2.45, 2.75) is 12.8 Å². The Labute approximate surface area is 83.8 Å². The number of nitrogens with zero attached hydrogens (tertiary/aromatic N) is 2. The zero-order valence-electron chi connectivity index (χ0n) is 8.03. The van der Waals surface area contributed by atoms with Crippen molar-refractivity contribution in [3.05, 3.63) is 27.9 Å². The van der Waals surface area contributed by atoms with Gasteiger partial charge in [0.15, 0.2) is 0 Å². The summed E-state index contributed by atoms with van der Waals surface area (Å²) in [4.78, 5) is 13.0.